The fraction of sp³-hybridized carbons (Fsp3) is 0.500. The van der Waals surface area contributed by atoms with Crippen molar-refractivity contribution < 1.29 is 27.4 Å². The molecule has 1 fully saturated rings. The van der Waals surface area contributed by atoms with Crippen LogP contribution in [0, 0.1) is 5.82 Å². The summed E-state index contributed by atoms with van der Waals surface area (Å²) in [5, 5.41) is 12.5. The molecule has 1 saturated carbocycles. The lowest BCUT2D eigenvalue weighted by Crippen LogP contribution is -2.49. The van der Waals surface area contributed by atoms with E-state index in [1.165, 1.54) is 0 Å². The summed E-state index contributed by atoms with van der Waals surface area (Å²) in [6.45, 7) is -0.415. The van der Waals surface area contributed by atoms with Crippen LogP contribution in [0.5, 0.6) is 0 Å². The summed E-state index contributed by atoms with van der Waals surface area (Å²) in [5.74, 6) is -0.664. The SMILES string of the molecule is O=C(C[C@H]1C=C[C@H](NS(=O)(=O)c2ccc(F)cc2)[C@@H](CO)O1)NC1CCC1. The molecule has 9 heteroatoms. The van der Waals surface area contributed by atoms with Gasteiger partial charge in [0.15, 0.2) is 0 Å². The van der Waals surface area contributed by atoms with Crippen LogP contribution in [0.4, 0.5) is 4.39 Å². The van der Waals surface area contributed by atoms with Crippen LogP contribution in [0.15, 0.2) is 41.3 Å². The maximum Gasteiger partial charge on any atom is 0.241 e. The van der Waals surface area contributed by atoms with Crippen LogP contribution in [-0.4, -0.2) is 50.3 Å². The maximum atomic E-state index is 13.0. The smallest absolute Gasteiger partial charge is 0.241 e. The molecule has 0 unspecified atom stereocenters. The van der Waals surface area contributed by atoms with Gasteiger partial charge in [-0.25, -0.2) is 17.5 Å². The molecule has 0 radical (unpaired) electrons. The normalized spacial score (nSPS) is 25.8. The van der Waals surface area contributed by atoms with E-state index in [4.69, 9.17) is 4.74 Å². The van der Waals surface area contributed by atoms with Crippen molar-refractivity contribution in [1.82, 2.24) is 10.0 Å². The van der Waals surface area contributed by atoms with Crippen molar-refractivity contribution in [2.75, 3.05) is 6.61 Å². The van der Waals surface area contributed by atoms with Gasteiger partial charge < -0.3 is 15.2 Å². The predicted molar refractivity (Wildman–Crippen MR) is 95.8 cm³/mol. The van der Waals surface area contributed by atoms with Crippen molar-refractivity contribution in [3.8, 4) is 0 Å². The number of amides is 1. The maximum absolute atomic E-state index is 13.0. The molecule has 7 nitrogen and oxygen atoms in total. The molecular weight excluding hydrogens is 375 g/mol. The Labute approximate surface area is 157 Å². The summed E-state index contributed by atoms with van der Waals surface area (Å²) in [6.07, 6.45) is 5.03. The number of sulfonamides is 1. The monoisotopic (exact) mass is 398 g/mol. The molecule has 3 N–H and O–H groups in total. The number of aliphatic hydroxyl groups excluding tert-OH is 1. The number of hydrogen-bond donors (Lipinski definition) is 3. The van der Waals surface area contributed by atoms with Gasteiger partial charge in [0, 0.05) is 6.04 Å². The zero-order valence-corrected chi connectivity index (χ0v) is 15.5. The van der Waals surface area contributed by atoms with E-state index in [1.54, 1.807) is 12.2 Å². The first-order valence-corrected chi connectivity index (χ1v) is 10.4. The van der Waals surface area contributed by atoms with Crippen LogP contribution in [0.3, 0.4) is 0 Å². The van der Waals surface area contributed by atoms with Gasteiger partial charge in [0.25, 0.3) is 0 Å². The average Bonchev–Trinajstić information content (AvgIpc) is 2.59. The third-order valence-corrected chi connectivity index (χ3v) is 6.21. The Morgan fingerprint density at radius 2 is 1.93 bits per heavy atom. The number of hydrogen-bond acceptors (Lipinski definition) is 5. The fourth-order valence-corrected chi connectivity index (χ4v) is 4.21. The van der Waals surface area contributed by atoms with E-state index in [1.807, 2.05) is 0 Å². The molecule has 0 aromatic heterocycles. The Bertz CT molecular complexity index is 792. The molecule has 1 aliphatic carbocycles. The number of ether oxygens (including phenoxy) is 1. The highest BCUT2D eigenvalue weighted by atomic mass is 32.2. The first-order chi connectivity index (χ1) is 12.9. The lowest BCUT2D eigenvalue weighted by molar-refractivity contribution is -0.126. The summed E-state index contributed by atoms with van der Waals surface area (Å²) in [5.41, 5.74) is 0. The molecule has 0 spiro atoms. The highest BCUT2D eigenvalue weighted by Gasteiger charge is 2.32. The van der Waals surface area contributed by atoms with Crippen molar-refractivity contribution >= 4 is 15.9 Å². The standard InChI is InChI=1S/C18H23FN2O5S/c19-12-4-7-15(8-5-12)27(24,25)21-16-9-6-14(26-17(16)11-22)10-18(23)20-13-2-1-3-13/h4-9,13-14,16-17,21-22H,1-3,10-11H2,(H,20,23)/t14-,16+,17-/m1/s1. The van der Waals surface area contributed by atoms with E-state index in [-0.39, 0.29) is 23.3 Å². The molecule has 2 aliphatic rings. The Balaban J connectivity index is 1.62. The van der Waals surface area contributed by atoms with Gasteiger partial charge >= 0.3 is 0 Å². The van der Waals surface area contributed by atoms with E-state index in [9.17, 15) is 22.7 Å². The minimum absolute atomic E-state index is 0.0870. The molecular formula is C18H23FN2O5S. The van der Waals surface area contributed by atoms with Crippen LogP contribution in [0.2, 0.25) is 0 Å². The van der Waals surface area contributed by atoms with Gasteiger partial charge in [-0.15, -0.1) is 0 Å². The quantitative estimate of drug-likeness (QED) is 0.591. The molecule has 27 heavy (non-hydrogen) atoms. The molecule has 0 bridgehead atoms. The lowest BCUT2D eigenvalue weighted by Gasteiger charge is -2.32. The zero-order chi connectivity index (χ0) is 19.4. The van der Waals surface area contributed by atoms with Crippen LogP contribution in [-0.2, 0) is 19.6 Å². The van der Waals surface area contributed by atoms with Crippen molar-refractivity contribution in [2.24, 2.45) is 0 Å². The third-order valence-electron chi connectivity index (χ3n) is 4.74. The molecule has 1 amide bonds. The first-order valence-electron chi connectivity index (χ1n) is 8.89. The summed E-state index contributed by atoms with van der Waals surface area (Å²) >= 11 is 0. The minimum Gasteiger partial charge on any atom is -0.394 e. The van der Waals surface area contributed by atoms with Gasteiger partial charge in [0.1, 0.15) is 11.9 Å². The van der Waals surface area contributed by atoms with Crippen molar-refractivity contribution in [3.05, 3.63) is 42.2 Å². The molecule has 1 aromatic carbocycles. The molecule has 1 aliphatic heterocycles. The second-order valence-corrected chi connectivity index (χ2v) is 8.49. The van der Waals surface area contributed by atoms with Crippen molar-refractivity contribution in [3.63, 3.8) is 0 Å². The topological polar surface area (TPSA) is 105 Å². The number of benzene rings is 1. The van der Waals surface area contributed by atoms with Gasteiger partial charge in [0.05, 0.1) is 30.1 Å². The van der Waals surface area contributed by atoms with E-state index >= 15 is 0 Å². The van der Waals surface area contributed by atoms with E-state index in [2.05, 4.69) is 10.0 Å². The number of halogens is 1. The van der Waals surface area contributed by atoms with E-state index in [0.717, 1.165) is 43.5 Å². The highest BCUT2D eigenvalue weighted by molar-refractivity contribution is 7.89. The molecule has 3 rings (SSSR count). The van der Waals surface area contributed by atoms with Crippen LogP contribution in [0.1, 0.15) is 25.7 Å². The summed E-state index contributed by atoms with van der Waals surface area (Å²) < 4.78 is 45.9. The number of carbonyl (C=O) groups excluding carboxylic acids is 1. The van der Waals surface area contributed by atoms with Gasteiger partial charge in [-0.2, -0.15) is 0 Å². The predicted octanol–water partition coefficient (Wildman–Crippen LogP) is 0.847. The minimum atomic E-state index is -3.91. The fourth-order valence-electron chi connectivity index (χ4n) is 2.99. The Morgan fingerprint density at radius 1 is 1.22 bits per heavy atom. The highest BCUT2D eigenvalue weighted by Crippen LogP contribution is 2.21. The van der Waals surface area contributed by atoms with Gasteiger partial charge in [-0.1, -0.05) is 12.2 Å². The number of rotatable bonds is 7. The summed E-state index contributed by atoms with van der Waals surface area (Å²) in [4.78, 5) is 11.9. The third kappa shape index (κ3) is 5.13. The molecule has 1 heterocycles. The average molecular weight is 398 g/mol. The van der Waals surface area contributed by atoms with Crippen molar-refractivity contribution in [1.29, 1.82) is 0 Å². The first kappa shape index (κ1) is 19.9. The second kappa shape index (κ2) is 8.47. The zero-order valence-electron chi connectivity index (χ0n) is 14.7. The van der Waals surface area contributed by atoms with E-state index < -0.39 is 40.7 Å². The van der Waals surface area contributed by atoms with Crippen LogP contribution < -0.4 is 10.0 Å². The lowest BCUT2D eigenvalue weighted by atomic mass is 9.93. The second-order valence-electron chi connectivity index (χ2n) is 6.78. The summed E-state index contributed by atoms with van der Waals surface area (Å²) in [7, 11) is -3.91. The van der Waals surface area contributed by atoms with Gasteiger partial charge in [-0.3, -0.25) is 4.79 Å². The Hall–Kier alpha value is -1.81. The Kier molecular flexibility index (Phi) is 6.25. The molecule has 1 aromatic rings. The van der Waals surface area contributed by atoms with Gasteiger partial charge in [-0.05, 0) is 43.5 Å². The summed E-state index contributed by atoms with van der Waals surface area (Å²) in [6, 6.07) is 3.87. The van der Waals surface area contributed by atoms with Gasteiger partial charge in [0.2, 0.25) is 15.9 Å². The number of aliphatic hydroxyl groups is 1. The molecule has 0 saturated heterocycles. The largest absolute Gasteiger partial charge is 0.394 e. The van der Waals surface area contributed by atoms with Crippen LogP contribution >= 0.6 is 0 Å². The molecule has 3 atom stereocenters. The van der Waals surface area contributed by atoms with Crippen molar-refractivity contribution in [2.45, 2.75) is 54.9 Å². The Morgan fingerprint density at radius 3 is 2.52 bits per heavy atom. The van der Waals surface area contributed by atoms with E-state index in [0.29, 0.717) is 0 Å². The van der Waals surface area contributed by atoms with Crippen LogP contribution in [0.25, 0.3) is 0 Å². The number of nitrogens with one attached hydrogen (secondary N) is 2. The molecule has 148 valence electrons. The number of carbonyl (C=O) groups is 1.